The van der Waals surface area contributed by atoms with Gasteiger partial charge in [0.05, 0.1) is 0 Å². The van der Waals surface area contributed by atoms with Crippen molar-refractivity contribution in [1.82, 2.24) is 0 Å². The third-order valence-corrected chi connectivity index (χ3v) is 1.46. The minimum Gasteiger partial charge on any atom is -0.462 e. The number of ether oxygens (including phenoxy) is 2. The Hall–Kier alpha value is -0.660. The molecule has 0 N–H and O–H groups in total. The number of hydrogen-bond donors (Lipinski definition) is 0. The zero-order valence-corrected chi connectivity index (χ0v) is 6.59. The van der Waals surface area contributed by atoms with Crippen LogP contribution in [0.3, 0.4) is 0 Å². The molecule has 10 heavy (non-hydrogen) atoms. The van der Waals surface area contributed by atoms with Gasteiger partial charge in [-0.1, -0.05) is 13.8 Å². The fourth-order valence-corrected chi connectivity index (χ4v) is 1.08. The Morgan fingerprint density at radius 3 is 2.80 bits per heavy atom. The molecule has 2 nitrogen and oxygen atoms in total. The molecule has 1 unspecified atom stereocenters. The highest BCUT2D eigenvalue weighted by Crippen LogP contribution is 2.18. The van der Waals surface area contributed by atoms with Crippen LogP contribution >= 0.6 is 0 Å². The van der Waals surface area contributed by atoms with Crippen LogP contribution in [-0.4, -0.2) is 12.7 Å². The van der Waals surface area contributed by atoms with Crippen LogP contribution in [0.25, 0.3) is 0 Å². The summed E-state index contributed by atoms with van der Waals surface area (Å²) in [7, 11) is 0. The highest BCUT2D eigenvalue weighted by Gasteiger charge is 2.20. The first-order chi connectivity index (χ1) is 4.68. The molecule has 0 aromatic heterocycles. The highest BCUT2D eigenvalue weighted by atomic mass is 16.7. The van der Waals surface area contributed by atoms with Gasteiger partial charge in [0, 0.05) is 0 Å². The van der Waals surface area contributed by atoms with Gasteiger partial charge in [-0.05, 0) is 18.9 Å². The minimum atomic E-state index is 0.243. The van der Waals surface area contributed by atoms with E-state index in [4.69, 9.17) is 9.47 Å². The maximum absolute atomic E-state index is 5.26. The zero-order valence-electron chi connectivity index (χ0n) is 6.59. The molecule has 0 aliphatic carbocycles. The minimum absolute atomic E-state index is 0.243. The van der Waals surface area contributed by atoms with Crippen LogP contribution in [0.4, 0.5) is 0 Å². The second kappa shape index (κ2) is 2.95. The van der Waals surface area contributed by atoms with Crippen molar-refractivity contribution in [2.45, 2.75) is 26.4 Å². The van der Waals surface area contributed by atoms with Crippen molar-refractivity contribution in [3.8, 4) is 0 Å². The third-order valence-electron chi connectivity index (χ3n) is 1.46. The van der Waals surface area contributed by atoms with Crippen molar-refractivity contribution in [3.63, 3.8) is 0 Å². The fourth-order valence-electron chi connectivity index (χ4n) is 1.08. The van der Waals surface area contributed by atoms with Gasteiger partial charge in [-0.15, -0.1) is 0 Å². The molecule has 1 heterocycles. The largest absolute Gasteiger partial charge is 0.462 e. The summed E-state index contributed by atoms with van der Waals surface area (Å²) < 4.78 is 10.3. The van der Waals surface area contributed by atoms with Crippen molar-refractivity contribution in [3.05, 3.63) is 12.5 Å². The van der Waals surface area contributed by atoms with Crippen LogP contribution in [0.2, 0.25) is 0 Å². The number of rotatable bonds is 2. The van der Waals surface area contributed by atoms with Crippen molar-refractivity contribution in [2.24, 2.45) is 5.92 Å². The molecule has 1 aliphatic heterocycles. The average Bonchev–Trinajstić information content (AvgIpc) is 2.13. The van der Waals surface area contributed by atoms with E-state index < -0.39 is 0 Å². The second-order valence-electron chi connectivity index (χ2n) is 3.05. The van der Waals surface area contributed by atoms with Gasteiger partial charge in [0.15, 0.2) is 0 Å². The molecule has 1 fully saturated rings. The van der Waals surface area contributed by atoms with Crippen LogP contribution in [-0.2, 0) is 9.47 Å². The Bertz CT molecular complexity index is 129. The van der Waals surface area contributed by atoms with E-state index >= 15 is 0 Å². The molecular weight excluding hydrogens is 128 g/mol. The molecule has 1 atom stereocenters. The first-order valence-corrected chi connectivity index (χ1v) is 3.67. The van der Waals surface area contributed by atoms with Crippen LogP contribution in [0.5, 0.6) is 0 Å². The maximum atomic E-state index is 5.26. The standard InChI is InChI=1S/C8H14O2/c1-6(2)4-8-5-9-7(3)10-8/h6,8H,3-5H2,1-2H3. The Labute approximate surface area is 61.8 Å². The van der Waals surface area contributed by atoms with Gasteiger partial charge in [0.25, 0.3) is 5.95 Å². The number of hydrogen-bond acceptors (Lipinski definition) is 2. The fraction of sp³-hybridized carbons (Fsp3) is 0.750. The summed E-state index contributed by atoms with van der Waals surface area (Å²) in [6, 6.07) is 0. The van der Waals surface area contributed by atoms with E-state index in [9.17, 15) is 0 Å². The summed E-state index contributed by atoms with van der Waals surface area (Å²) in [4.78, 5) is 0. The summed E-state index contributed by atoms with van der Waals surface area (Å²) in [6.07, 6.45) is 1.30. The van der Waals surface area contributed by atoms with Gasteiger partial charge in [-0.25, -0.2) is 0 Å². The summed E-state index contributed by atoms with van der Waals surface area (Å²) in [6.45, 7) is 8.59. The summed E-state index contributed by atoms with van der Waals surface area (Å²) >= 11 is 0. The molecule has 0 bridgehead atoms. The summed E-state index contributed by atoms with van der Waals surface area (Å²) in [5.41, 5.74) is 0. The Kier molecular flexibility index (Phi) is 2.20. The second-order valence-corrected chi connectivity index (χ2v) is 3.05. The molecule has 0 aromatic rings. The first-order valence-electron chi connectivity index (χ1n) is 3.67. The van der Waals surface area contributed by atoms with E-state index in [1.54, 1.807) is 0 Å². The van der Waals surface area contributed by atoms with E-state index in [0.717, 1.165) is 6.42 Å². The predicted molar refractivity (Wildman–Crippen MR) is 39.4 cm³/mol. The molecule has 1 aliphatic rings. The molecule has 1 rings (SSSR count). The Morgan fingerprint density at radius 1 is 1.70 bits per heavy atom. The molecular formula is C8H14O2. The molecule has 0 aromatic carbocycles. The van der Waals surface area contributed by atoms with Crippen molar-refractivity contribution in [1.29, 1.82) is 0 Å². The van der Waals surface area contributed by atoms with E-state index in [1.165, 1.54) is 0 Å². The van der Waals surface area contributed by atoms with Gasteiger partial charge in [-0.3, -0.25) is 0 Å². The smallest absolute Gasteiger partial charge is 0.272 e. The monoisotopic (exact) mass is 142 g/mol. The van der Waals surface area contributed by atoms with Crippen LogP contribution in [0.15, 0.2) is 12.5 Å². The van der Waals surface area contributed by atoms with Crippen LogP contribution in [0.1, 0.15) is 20.3 Å². The quantitative estimate of drug-likeness (QED) is 0.586. The van der Waals surface area contributed by atoms with Gasteiger partial charge in [0.1, 0.15) is 12.7 Å². The van der Waals surface area contributed by atoms with Crippen molar-refractivity contribution < 1.29 is 9.47 Å². The van der Waals surface area contributed by atoms with E-state index in [0.29, 0.717) is 18.5 Å². The molecule has 58 valence electrons. The maximum Gasteiger partial charge on any atom is 0.272 e. The van der Waals surface area contributed by atoms with Crippen LogP contribution in [0, 0.1) is 5.92 Å². The molecule has 0 saturated carbocycles. The van der Waals surface area contributed by atoms with Crippen LogP contribution < -0.4 is 0 Å². The lowest BCUT2D eigenvalue weighted by Gasteiger charge is -2.08. The Morgan fingerprint density at radius 2 is 2.40 bits per heavy atom. The third kappa shape index (κ3) is 1.94. The molecule has 0 amide bonds. The Balaban J connectivity index is 2.24. The molecule has 0 spiro atoms. The first kappa shape index (κ1) is 7.45. The average molecular weight is 142 g/mol. The summed E-state index contributed by atoms with van der Waals surface area (Å²) in [5.74, 6) is 1.14. The van der Waals surface area contributed by atoms with E-state index in [2.05, 4.69) is 20.4 Å². The molecule has 0 radical (unpaired) electrons. The van der Waals surface area contributed by atoms with Gasteiger partial charge < -0.3 is 9.47 Å². The van der Waals surface area contributed by atoms with Gasteiger partial charge >= 0.3 is 0 Å². The summed E-state index contributed by atoms with van der Waals surface area (Å²) in [5, 5.41) is 0. The highest BCUT2D eigenvalue weighted by molar-refractivity contribution is 4.79. The lowest BCUT2D eigenvalue weighted by Crippen LogP contribution is -2.11. The van der Waals surface area contributed by atoms with Crippen molar-refractivity contribution in [2.75, 3.05) is 6.61 Å². The lowest BCUT2D eigenvalue weighted by molar-refractivity contribution is 0.131. The SMILES string of the molecule is C=C1OCC(CC(C)C)O1. The van der Waals surface area contributed by atoms with E-state index in [1.807, 2.05) is 0 Å². The zero-order chi connectivity index (χ0) is 7.56. The topological polar surface area (TPSA) is 18.5 Å². The van der Waals surface area contributed by atoms with Gasteiger partial charge in [0.2, 0.25) is 0 Å². The van der Waals surface area contributed by atoms with E-state index in [-0.39, 0.29) is 6.10 Å². The molecule has 2 heteroatoms. The predicted octanol–water partition coefficient (Wildman–Crippen LogP) is 1.92. The van der Waals surface area contributed by atoms with Gasteiger partial charge in [-0.2, -0.15) is 0 Å². The normalized spacial score (nSPS) is 24.7. The molecule has 1 saturated heterocycles. The lowest BCUT2D eigenvalue weighted by atomic mass is 10.1. The van der Waals surface area contributed by atoms with Crippen molar-refractivity contribution >= 4 is 0 Å².